The first-order valence-electron chi connectivity index (χ1n) is 2.77. The summed E-state index contributed by atoms with van der Waals surface area (Å²) in [5.74, 6) is -0.527. The Bertz CT molecular complexity index is 281. The van der Waals surface area contributed by atoms with E-state index in [0.717, 1.165) is 11.5 Å². The van der Waals surface area contributed by atoms with Gasteiger partial charge in [-0.15, -0.1) is 0 Å². The fraction of sp³-hybridized carbons (Fsp3) is 0.167. The lowest BCUT2D eigenvalue weighted by molar-refractivity contribution is 0.0598. The number of carbonyl (C=O) groups is 2. The lowest BCUT2D eigenvalue weighted by atomic mass is 10.3. The maximum Gasteiger partial charge on any atom is 0.341 e. The molecule has 58 valence electrons. The molecule has 0 aliphatic rings. The third-order valence-corrected chi connectivity index (χ3v) is 1.76. The van der Waals surface area contributed by atoms with Crippen LogP contribution in [0.4, 0.5) is 0 Å². The van der Waals surface area contributed by atoms with Gasteiger partial charge in [0.05, 0.1) is 7.11 Å². The molecule has 0 radical (unpaired) electrons. The number of esters is 1. The first-order chi connectivity index (χ1) is 5.29. The van der Waals surface area contributed by atoms with E-state index in [-0.39, 0.29) is 11.3 Å². The van der Waals surface area contributed by atoms with Crippen molar-refractivity contribution in [3.8, 4) is 0 Å². The number of hydrogen-bond donors (Lipinski definition) is 0. The molecule has 0 spiro atoms. The molecule has 11 heavy (non-hydrogen) atoms. The molecule has 0 N–H and O–H groups in total. The van der Waals surface area contributed by atoms with Crippen molar-refractivity contribution >= 4 is 23.8 Å². The maximum atomic E-state index is 10.8. The smallest absolute Gasteiger partial charge is 0.341 e. The Hall–Kier alpha value is -1.23. The van der Waals surface area contributed by atoms with Crippen molar-refractivity contribution < 1.29 is 14.3 Å². The Morgan fingerprint density at radius 3 is 3.09 bits per heavy atom. The minimum absolute atomic E-state index is 0.141. The van der Waals surface area contributed by atoms with Crippen molar-refractivity contribution in [1.82, 2.24) is 4.37 Å². The Kier molecular flexibility index (Phi) is 2.32. The van der Waals surface area contributed by atoms with E-state index in [1.807, 2.05) is 0 Å². The lowest BCUT2D eigenvalue weighted by Gasteiger charge is -1.92. The van der Waals surface area contributed by atoms with Gasteiger partial charge in [-0.05, 0) is 11.5 Å². The number of hydrogen-bond acceptors (Lipinski definition) is 5. The van der Waals surface area contributed by atoms with Crippen molar-refractivity contribution in [3.05, 3.63) is 16.6 Å². The zero-order chi connectivity index (χ0) is 8.27. The zero-order valence-electron chi connectivity index (χ0n) is 5.73. The van der Waals surface area contributed by atoms with Crippen LogP contribution in [0.5, 0.6) is 0 Å². The highest BCUT2D eigenvalue weighted by molar-refractivity contribution is 7.04. The summed E-state index contributed by atoms with van der Waals surface area (Å²) in [6.45, 7) is 0. The third-order valence-electron chi connectivity index (χ3n) is 1.11. The van der Waals surface area contributed by atoms with Crippen LogP contribution in [0.3, 0.4) is 0 Å². The Morgan fingerprint density at radius 1 is 1.82 bits per heavy atom. The van der Waals surface area contributed by atoms with E-state index in [0.29, 0.717) is 6.29 Å². The molecule has 1 aromatic rings. The van der Waals surface area contributed by atoms with E-state index in [9.17, 15) is 9.59 Å². The molecule has 4 nitrogen and oxygen atoms in total. The van der Waals surface area contributed by atoms with Crippen LogP contribution in [0, 0.1) is 0 Å². The van der Waals surface area contributed by atoms with Gasteiger partial charge in [-0.25, -0.2) is 4.79 Å². The molecule has 1 aromatic heterocycles. The fourth-order valence-electron chi connectivity index (χ4n) is 0.593. The molecular weight excluding hydrogens is 166 g/mol. The maximum absolute atomic E-state index is 10.8. The van der Waals surface area contributed by atoms with Crippen molar-refractivity contribution in [2.75, 3.05) is 7.11 Å². The largest absolute Gasteiger partial charge is 0.465 e. The summed E-state index contributed by atoms with van der Waals surface area (Å²) in [5, 5.41) is 1.48. The summed E-state index contributed by atoms with van der Waals surface area (Å²) in [6, 6.07) is 0. The van der Waals surface area contributed by atoms with E-state index in [2.05, 4.69) is 9.11 Å². The van der Waals surface area contributed by atoms with Crippen LogP contribution < -0.4 is 0 Å². The molecule has 0 saturated carbocycles. The first-order valence-corrected chi connectivity index (χ1v) is 3.61. The second kappa shape index (κ2) is 3.25. The second-order valence-corrected chi connectivity index (χ2v) is 2.35. The fourth-order valence-corrected chi connectivity index (χ4v) is 1.22. The molecular formula is C6H5NO3S. The van der Waals surface area contributed by atoms with Gasteiger partial charge in [-0.3, -0.25) is 4.79 Å². The van der Waals surface area contributed by atoms with Crippen molar-refractivity contribution in [2.45, 2.75) is 0 Å². The lowest BCUT2D eigenvalue weighted by Crippen LogP contribution is -2.02. The molecule has 1 rings (SSSR count). The standard InChI is InChI=1S/C6H5NO3S/c1-10-6(9)4-3-11-7-5(4)2-8/h2-3H,1H3. The van der Waals surface area contributed by atoms with Crippen LogP contribution in [-0.4, -0.2) is 23.7 Å². The van der Waals surface area contributed by atoms with Crippen LogP contribution in [0.15, 0.2) is 5.38 Å². The topological polar surface area (TPSA) is 56.3 Å². The van der Waals surface area contributed by atoms with Crippen LogP contribution >= 0.6 is 11.5 Å². The van der Waals surface area contributed by atoms with Gasteiger partial charge in [0.1, 0.15) is 11.3 Å². The van der Waals surface area contributed by atoms with Gasteiger partial charge in [0.15, 0.2) is 6.29 Å². The number of rotatable bonds is 2. The summed E-state index contributed by atoms with van der Waals surface area (Å²) in [4.78, 5) is 21.1. The molecule has 0 atom stereocenters. The van der Waals surface area contributed by atoms with Crippen molar-refractivity contribution in [3.63, 3.8) is 0 Å². The summed E-state index contributed by atoms with van der Waals surface area (Å²) in [7, 11) is 1.26. The number of methoxy groups -OCH3 is 1. The minimum atomic E-state index is -0.527. The van der Waals surface area contributed by atoms with Crippen molar-refractivity contribution in [1.29, 1.82) is 0 Å². The first kappa shape index (κ1) is 7.87. The molecule has 0 unspecified atom stereocenters. The molecule has 0 aromatic carbocycles. The highest BCUT2D eigenvalue weighted by Gasteiger charge is 2.12. The zero-order valence-corrected chi connectivity index (χ0v) is 6.55. The molecule has 0 fully saturated rings. The molecule has 0 saturated heterocycles. The predicted molar refractivity (Wildman–Crippen MR) is 38.8 cm³/mol. The van der Waals surface area contributed by atoms with Gasteiger partial charge in [0.2, 0.25) is 0 Å². The Morgan fingerprint density at radius 2 is 2.55 bits per heavy atom. The summed E-state index contributed by atoms with van der Waals surface area (Å²) < 4.78 is 8.08. The SMILES string of the molecule is COC(=O)c1csnc1C=O. The summed E-state index contributed by atoms with van der Waals surface area (Å²) in [6.07, 6.45) is 0.531. The number of nitrogens with zero attached hydrogens (tertiary/aromatic N) is 1. The van der Waals surface area contributed by atoms with Gasteiger partial charge >= 0.3 is 5.97 Å². The van der Waals surface area contributed by atoms with Gasteiger partial charge in [-0.1, -0.05) is 0 Å². The van der Waals surface area contributed by atoms with Crippen LogP contribution in [0.2, 0.25) is 0 Å². The normalized spacial score (nSPS) is 9.18. The molecule has 0 amide bonds. The van der Waals surface area contributed by atoms with Gasteiger partial charge in [0.25, 0.3) is 0 Å². The van der Waals surface area contributed by atoms with Crippen molar-refractivity contribution in [2.24, 2.45) is 0 Å². The highest BCUT2D eigenvalue weighted by atomic mass is 32.1. The minimum Gasteiger partial charge on any atom is -0.465 e. The number of aromatic nitrogens is 1. The predicted octanol–water partition coefficient (Wildman–Crippen LogP) is 0.742. The van der Waals surface area contributed by atoms with E-state index in [1.165, 1.54) is 12.5 Å². The number of aldehydes is 1. The van der Waals surface area contributed by atoms with Gasteiger partial charge in [0, 0.05) is 5.38 Å². The van der Waals surface area contributed by atoms with E-state index in [4.69, 9.17) is 0 Å². The van der Waals surface area contributed by atoms with Crippen LogP contribution in [-0.2, 0) is 4.74 Å². The molecule has 0 bridgehead atoms. The van der Waals surface area contributed by atoms with E-state index in [1.54, 1.807) is 0 Å². The average Bonchev–Trinajstić information content (AvgIpc) is 2.50. The number of ether oxygens (including phenoxy) is 1. The van der Waals surface area contributed by atoms with Gasteiger partial charge in [-0.2, -0.15) is 4.37 Å². The second-order valence-electron chi connectivity index (χ2n) is 1.72. The monoisotopic (exact) mass is 171 g/mol. The van der Waals surface area contributed by atoms with Gasteiger partial charge < -0.3 is 4.74 Å². The average molecular weight is 171 g/mol. The van der Waals surface area contributed by atoms with Crippen LogP contribution in [0.25, 0.3) is 0 Å². The van der Waals surface area contributed by atoms with Crippen LogP contribution in [0.1, 0.15) is 20.8 Å². The summed E-state index contributed by atoms with van der Waals surface area (Å²) >= 11 is 1.05. The van der Waals surface area contributed by atoms with E-state index >= 15 is 0 Å². The summed E-state index contributed by atoms with van der Waals surface area (Å²) in [5.41, 5.74) is 0.370. The number of carbonyl (C=O) groups excluding carboxylic acids is 2. The quantitative estimate of drug-likeness (QED) is 0.486. The molecule has 5 heteroatoms. The molecule has 0 aliphatic heterocycles. The Balaban J connectivity index is 3.01. The molecule has 0 aliphatic carbocycles. The molecule has 1 heterocycles. The van der Waals surface area contributed by atoms with E-state index < -0.39 is 5.97 Å². The Labute approximate surface area is 67.0 Å². The third kappa shape index (κ3) is 1.43. The highest BCUT2D eigenvalue weighted by Crippen LogP contribution is 2.08.